The Morgan fingerprint density at radius 2 is 2.44 bits per heavy atom. The molecule has 1 heterocycles. The van der Waals surface area contributed by atoms with E-state index in [0.29, 0.717) is 5.15 Å². The van der Waals surface area contributed by atoms with Gasteiger partial charge in [-0.3, -0.25) is 0 Å². The Hall–Kier alpha value is -1.07. The molecule has 0 aromatic carbocycles. The van der Waals surface area contributed by atoms with Crippen molar-refractivity contribution in [2.24, 2.45) is 5.18 Å². The minimum absolute atomic E-state index is 0.00691. The molecule has 0 aliphatic rings. The summed E-state index contributed by atoms with van der Waals surface area (Å²) < 4.78 is 0. The van der Waals surface area contributed by atoms with E-state index in [1.165, 1.54) is 6.20 Å². The third-order valence-electron chi connectivity index (χ3n) is 2.05. The van der Waals surface area contributed by atoms with E-state index >= 15 is 0 Å². The van der Waals surface area contributed by atoms with Crippen molar-refractivity contribution in [3.63, 3.8) is 0 Å². The number of hydrogen-bond acceptors (Lipinski definition) is 5. The van der Waals surface area contributed by atoms with E-state index < -0.39 is 0 Å². The predicted octanol–water partition coefficient (Wildman–Crippen LogP) is 2.97. The molecular weight excluding hydrogens is 246 g/mol. The van der Waals surface area contributed by atoms with Crippen LogP contribution in [0, 0.1) is 4.91 Å². The molecule has 1 N–H and O–H groups in total. The van der Waals surface area contributed by atoms with Crippen LogP contribution >= 0.6 is 23.4 Å². The molecule has 1 aromatic rings. The number of pyridine rings is 1. The van der Waals surface area contributed by atoms with Gasteiger partial charge in [0.25, 0.3) is 0 Å². The summed E-state index contributed by atoms with van der Waals surface area (Å²) in [4.78, 5) is 14.3. The quantitative estimate of drug-likeness (QED) is 0.651. The highest BCUT2D eigenvalue weighted by Gasteiger charge is 2.15. The van der Waals surface area contributed by atoms with Gasteiger partial charge in [-0.05, 0) is 23.1 Å². The van der Waals surface area contributed by atoms with Gasteiger partial charge in [-0.1, -0.05) is 17.7 Å². The molecule has 6 heteroatoms. The van der Waals surface area contributed by atoms with Crippen molar-refractivity contribution >= 4 is 23.4 Å². The fraction of sp³-hybridized carbons (Fsp3) is 0.300. The van der Waals surface area contributed by atoms with Crippen molar-refractivity contribution in [3.05, 3.63) is 45.9 Å². The summed E-state index contributed by atoms with van der Waals surface area (Å²) in [6, 6.07) is 3.61. The third kappa shape index (κ3) is 3.21. The predicted molar refractivity (Wildman–Crippen MR) is 68.4 cm³/mol. The lowest BCUT2D eigenvalue weighted by Crippen LogP contribution is -2.12. The fourth-order valence-corrected chi connectivity index (χ4v) is 2.26. The number of rotatable bonds is 5. The zero-order valence-electron chi connectivity index (χ0n) is 8.98. The summed E-state index contributed by atoms with van der Waals surface area (Å²) in [5.74, 6) is 0. The number of thioether (sulfide) groups is 1. The number of nitrogens with zero attached hydrogens (tertiary/aromatic N) is 2. The summed E-state index contributed by atoms with van der Waals surface area (Å²) in [6.45, 7) is 0. The zero-order valence-corrected chi connectivity index (χ0v) is 10.5. The van der Waals surface area contributed by atoms with Crippen LogP contribution in [-0.4, -0.2) is 18.3 Å². The van der Waals surface area contributed by atoms with Crippen molar-refractivity contribution in [2.75, 3.05) is 13.3 Å². The monoisotopic (exact) mass is 257 g/mol. The molecule has 0 saturated carbocycles. The van der Waals surface area contributed by atoms with Crippen molar-refractivity contribution in [1.29, 1.82) is 0 Å². The number of aromatic nitrogens is 1. The largest absolute Gasteiger partial charge is 0.389 e. The third-order valence-corrected chi connectivity index (χ3v) is 3.27. The molecule has 0 saturated heterocycles. The number of halogens is 1. The fourth-order valence-electron chi connectivity index (χ4n) is 1.31. The minimum Gasteiger partial charge on any atom is -0.389 e. The van der Waals surface area contributed by atoms with Crippen LogP contribution in [0.15, 0.2) is 35.4 Å². The molecule has 0 amide bonds. The van der Waals surface area contributed by atoms with Crippen LogP contribution in [0.5, 0.6) is 0 Å². The van der Waals surface area contributed by atoms with Gasteiger partial charge in [-0.2, -0.15) is 11.8 Å². The number of hydrogen-bond donors (Lipinski definition) is 1. The highest BCUT2D eigenvalue weighted by molar-refractivity contribution is 7.99. The maximum Gasteiger partial charge on any atom is 0.129 e. The highest BCUT2D eigenvalue weighted by atomic mass is 35.5. The first-order valence-corrected chi connectivity index (χ1v) is 6.24. The van der Waals surface area contributed by atoms with Crippen LogP contribution < -0.4 is 5.32 Å². The molecular formula is C10H12ClN3OS. The molecule has 16 heavy (non-hydrogen) atoms. The van der Waals surface area contributed by atoms with Crippen LogP contribution in [0.25, 0.3) is 0 Å². The van der Waals surface area contributed by atoms with Crippen molar-refractivity contribution in [2.45, 2.75) is 5.25 Å². The highest BCUT2D eigenvalue weighted by Crippen LogP contribution is 2.32. The summed E-state index contributed by atoms with van der Waals surface area (Å²) in [5.41, 5.74) is 1.72. The zero-order chi connectivity index (χ0) is 12.0. The first-order valence-electron chi connectivity index (χ1n) is 4.57. The first kappa shape index (κ1) is 13.0. The van der Waals surface area contributed by atoms with E-state index in [0.717, 1.165) is 11.3 Å². The van der Waals surface area contributed by atoms with Crippen LogP contribution in [-0.2, 0) is 0 Å². The first-order chi connectivity index (χ1) is 7.72. The molecule has 1 aromatic heterocycles. The van der Waals surface area contributed by atoms with E-state index in [4.69, 9.17) is 11.6 Å². The molecule has 86 valence electrons. The standard InChI is InChI=1S/C10H12ClN3OS/c1-12-8(6-14-15)10(16-2)7-3-4-9(11)13-5-7/h3-6,10,12H,1-2H3/b8-6-. The van der Waals surface area contributed by atoms with Gasteiger partial charge in [-0.15, -0.1) is 4.91 Å². The molecule has 0 bridgehead atoms. The molecule has 0 aliphatic heterocycles. The Labute approximate surface area is 103 Å². The van der Waals surface area contributed by atoms with Crippen molar-refractivity contribution in [3.8, 4) is 0 Å². The normalized spacial score (nSPS) is 13.3. The SMILES string of the molecule is CN/C(=C\N=O)C(SC)c1ccc(Cl)nc1. The Bertz CT molecular complexity index is 380. The number of likely N-dealkylation sites (N-methyl/N-ethyl adjacent to an activating group) is 1. The molecule has 0 aliphatic carbocycles. The lowest BCUT2D eigenvalue weighted by Gasteiger charge is -2.17. The Balaban J connectivity index is 3.01. The molecule has 0 fully saturated rings. The van der Waals surface area contributed by atoms with Crippen LogP contribution in [0.3, 0.4) is 0 Å². The van der Waals surface area contributed by atoms with Crippen molar-refractivity contribution < 1.29 is 0 Å². The summed E-state index contributed by atoms with van der Waals surface area (Å²) in [7, 11) is 1.75. The summed E-state index contributed by atoms with van der Waals surface area (Å²) in [5, 5.41) is 6.20. The average Bonchev–Trinajstić information content (AvgIpc) is 2.31. The van der Waals surface area contributed by atoms with E-state index in [1.54, 1.807) is 31.1 Å². The molecule has 1 atom stereocenters. The van der Waals surface area contributed by atoms with Crippen LogP contribution in [0.4, 0.5) is 0 Å². The van der Waals surface area contributed by atoms with Crippen LogP contribution in [0.2, 0.25) is 5.15 Å². The average molecular weight is 258 g/mol. The molecule has 1 unspecified atom stereocenters. The summed E-state index contributed by atoms with van der Waals surface area (Å²) >= 11 is 7.31. The van der Waals surface area contributed by atoms with E-state index in [1.807, 2.05) is 12.3 Å². The van der Waals surface area contributed by atoms with Gasteiger partial charge in [0.1, 0.15) is 5.15 Å². The lowest BCUT2D eigenvalue weighted by molar-refractivity contribution is 0.895. The van der Waals surface area contributed by atoms with Gasteiger partial charge in [0, 0.05) is 13.2 Å². The van der Waals surface area contributed by atoms with E-state index in [9.17, 15) is 4.91 Å². The number of nitrogens with one attached hydrogen (secondary N) is 1. The molecule has 0 spiro atoms. The smallest absolute Gasteiger partial charge is 0.129 e. The second kappa shape index (κ2) is 6.50. The number of nitroso groups, excluding NO2 is 1. The lowest BCUT2D eigenvalue weighted by atomic mass is 10.1. The van der Waals surface area contributed by atoms with Gasteiger partial charge in [0.05, 0.1) is 17.1 Å². The molecule has 0 radical (unpaired) electrons. The van der Waals surface area contributed by atoms with Crippen molar-refractivity contribution in [1.82, 2.24) is 10.3 Å². The van der Waals surface area contributed by atoms with Gasteiger partial charge >= 0.3 is 0 Å². The second-order valence-electron chi connectivity index (χ2n) is 2.97. The Morgan fingerprint density at radius 1 is 1.69 bits per heavy atom. The van der Waals surface area contributed by atoms with Gasteiger partial charge in [0.2, 0.25) is 0 Å². The van der Waals surface area contributed by atoms with E-state index in [2.05, 4.69) is 15.5 Å². The van der Waals surface area contributed by atoms with Crippen LogP contribution in [0.1, 0.15) is 10.8 Å². The molecule has 1 rings (SSSR count). The minimum atomic E-state index is 0.00691. The van der Waals surface area contributed by atoms with E-state index in [-0.39, 0.29) is 5.25 Å². The molecule has 4 nitrogen and oxygen atoms in total. The van der Waals surface area contributed by atoms with Gasteiger partial charge in [0.15, 0.2) is 0 Å². The second-order valence-corrected chi connectivity index (χ2v) is 4.30. The van der Waals surface area contributed by atoms with Gasteiger partial charge in [-0.25, -0.2) is 4.98 Å². The maximum absolute atomic E-state index is 10.3. The Morgan fingerprint density at radius 3 is 2.88 bits per heavy atom. The topological polar surface area (TPSA) is 54.4 Å². The maximum atomic E-state index is 10.3. The van der Waals surface area contributed by atoms with Gasteiger partial charge < -0.3 is 5.32 Å². The Kier molecular flexibility index (Phi) is 5.28. The summed E-state index contributed by atoms with van der Waals surface area (Å²) in [6.07, 6.45) is 4.92.